The molecule has 6 heteroatoms. The molecule has 0 bridgehead atoms. The van der Waals surface area contributed by atoms with Crippen molar-refractivity contribution in [3.05, 3.63) is 53.8 Å². The van der Waals surface area contributed by atoms with Gasteiger partial charge in [-0.1, -0.05) is 0 Å². The number of halogens is 1. The molecule has 0 radical (unpaired) electrons. The second-order valence-corrected chi connectivity index (χ2v) is 7.04. The van der Waals surface area contributed by atoms with E-state index in [1.54, 1.807) is 19.2 Å². The lowest BCUT2D eigenvalue weighted by Crippen LogP contribution is -2.42. The SMILES string of the molecule is COc1ccc2c(c1)C(NC(=S)Nc1ccc(F)cc1)CC(C)(C)O2. The predicted molar refractivity (Wildman–Crippen MR) is 101 cm³/mol. The third-order valence-corrected chi connectivity index (χ3v) is 4.30. The Morgan fingerprint density at radius 1 is 1.24 bits per heavy atom. The predicted octanol–water partition coefficient (Wildman–Crippen LogP) is 4.42. The van der Waals surface area contributed by atoms with E-state index in [4.69, 9.17) is 21.7 Å². The van der Waals surface area contributed by atoms with Gasteiger partial charge in [0, 0.05) is 17.7 Å². The van der Waals surface area contributed by atoms with Gasteiger partial charge < -0.3 is 20.1 Å². The molecule has 1 aliphatic heterocycles. The first-order valence-electron chi connectivity index (χ1n) is 8.06. The van der Waals surface area contributed by atoms with E-state index >= 15 is 0 Å². The zero-order valence-electron chi connectivity index (χ0n) is 14.4. The Labute approximate surface area is 152 Å². The van der Waals surface area contributed by atoms with Gasteiger partial charge in [-0.2, -0.15) is 0 Å². The van der Waals surface area contributed by atoms with Gasteiger partial charge in [-0.15, -0.1) is 0 Å². The highest BCUT2D eigenvalue weighted by Crippen LogP contribution is 2.41. The number of nitrogens with one attached hydrogen (secondary N) is 2. The lowest BCUT2D eigenvalue weighted by atomic mass is 9.89. The van der Waals surface area contributed by atoms with Crippen LogP contribution in [-0.4, -0.2) is 17.8 Å². The third-order valence-electron chi connectivity index (χ3n) is 4.08. The summed E-state index contributed by atoms with van der Waals surface area (Å²) in [6.45, 7) is 4.09. The number of thiocarbonyl (C=S) groups is 1. The Bertz CT molecular complexity index is 777. The molecule has 132 valence electrons. The van der Waals surface area contributed by atoms with Gasteiger partial charge in [0.05, 0.1) is 13.2 Å². The molecule has 0 aliphatic carbocycles. The molecule has 2 aromatic rings. The Hall–Kier alpha value is -2.34. The van der Waals surface area contributed by atoms with E-state index in [1.165, 1.54) is 12.1 Å². The van der Waals surface area contributed by atoms with Gasteiger partial charge in [0.25, 0.3) is 0 Å². The Kier molecular flexibility index (Phi) is 4.81. The van der Waals surface area contributed by atoms with Crippen LogP contribution in [0.3, 0.4) is 0 Å². The average Bonchev–Trinajstić information content (AvgIpc) is 2.55. The molecule has 4 nitrogen and oxygen atoms in total. The Balaban J connectivity index is 1.79. The fourth-order valence-corrected chi connectivity index (χ4v) is 3.21. The number of anilines is 1. The van der Waals surface area contributed by atoms with E-state index in [9.17, 15) is 4.39 Å². The molecule has 0 saturated heterocycles. The molecule has 0 spiro atoms. The summed E-state index contributed by atoms with van der Waals surface area (Å²) in [5.41, 5.74) is 1.42. The maximum absolute atomic E-state index is 13.0. The summed E-state index contributed by atoms with van der Waals surface area (Å²) in [6, 6.07) is 11.8. The van der Waals surface area contributed by atoms with Crippen LogP contribution >= 0.6 is 12.2 Å². The highest BCUT2D eigenvalue weighted by molar-refractivity contribution is 7.80. The van der Waals surface area contributed by atoms with E-state index in [-0.39, 0.29) is 17.5 Å². The normalized spacial score (nSPS) is 17.8. The van der Waals surface area contributed by atoms with Crippen molar-refractivity contribution in [1.29, 1.82) is 0 Å². The van der Waals surface area contributed by atoms with E-state index in [0.717, 1.165) is 29.2 Å². The van der Waals surface area contributed by atoms with Crippen molar-refractivity contribution in [1.82, 2.24) is 5.32 Å². The lowest BCUT2D eigenvalue weighted by Gasteiger charge is -2.38. The van der Waals surface area contributed by atoms with Crippen molar-refractivity contribution in [3.8, 4) is 11.5 Å². The van der Waals surface area contributed by atoms with Crippen molar-refractivity contribution in [2.75, 3.05) is 12.4 Å². The second-order valence-electron chi connectivity index (χ2n) is 6.63. The highest BCUT2D eigenvalue weighted by atomic mass is 32.1. The van der Waals surface area contributed by atoms with Crippen LogP contribution in [0.25, 0.3) is 0 Å². The van der Waals surface area contributed by atoms with E-state index in [1.807, 2.05) is 32.0 Å². The zero-order chi connectivity index (χ0) is 18.0. The topological polar surface area (TPSA) is 42.5 Å². The number of methoxy groups -OCH3 is 1. The van der Waals surface area contributed by atoms with E-state index < -0.39 is 0 Å². The minimum atomic E-state index is -0.315. The Morgan fingerprint density at radius 3 is 2.64 bits per heavy atom. The van der Waals surface area contributed by atoms with Crippen LogP contribution in [0.5, 0.6) is 11.5 Å². The molecule has 1 aliphatic rings. The maximum atomic E-state index is 13.0. The molecular formula is C19H21FN2O2S. The largest absolute Gasteiger partial charge is 0.497 e. The number of fused-ring (bicyclic) bond motifs is 1. The molecule has 0 fully saturated rings. The fourth-order valence-electron chi connectivity index (χ4n) is 2.95. The van der Waals surface area contributed by atoms with Crippen molar-refractivity contribution in [2.24, 2.45) is 0 Å². The van der Waals surface area contributed by atoms with Gasteiger partial charge in [-0.25, -0.2) is 4.39 Å². The smallest absolute Gasteiger partial charge is 0.171 e. The van der Waals surface area contributed by atoms with Gasteiger partial charge in [0.15, 0.2) is 5.11 Å². The lowest BCUT2D eigenvalue weighted by molar-refractivity contribution is 0.0695. The molecule has 0 amide bonds. The first-order chi connectivity index (χ1) is 11.9. The summed E-state index contributed by atoms with van der Waals surface area (Å²) < 4.78 is 24.4. The molecule has 1 heterocycles. The van der Waals surface area contributed by atoms with Crippen LogP contribution in [0.4, 0.5) is 10.1 Å². The van der Waals surface area contributed by atoms with Gasteiger partial charge in [0.2, 0.25) is 0 Å². The summed E-state index contributed by atoms with van der Waals surface area (Å²) in [5, 5.41) is 6.90. The number of hydrogen-bond acceptors (Lipinski definition) is 3. The van der Waals surface area contributed by atoms with Gasteiger partial charge in [0.1, 0.15) is 22.9 Å². The van der Waals surface area contributed by atoms with Crippen molar-refractivity contribution < 1.29 is 13.9 Å². The van der Waals surface area contributed by atoms with Gasteiger partial charge in [-0.05, 0) is 68.5 Å². The van der Waals surface area contributed by atoms with E-state index in [2.05, 4.69) is 10.6 Å². The third kappa shape index (κ3) is 4.20. The zero-order valence-corrected chi connectivity index (χ0v) is 15.2. The minimum Gasteiger partial charge on any atom is -0.497 e. The number of benzene rings is 2. The molecule has 2 N–H and O–H groups in total. The number of ether oxygens (including phenoxy) is 2. The van der Waals surface area contributed by atoms with Crippen LogP contribution in [0, 0.1) is 5.82 Å². The van der Waals surface area contributed by atoms with Gasteiger partial charge in [-0.3, -0.25) is 0 Å². The molecule has 3 rings (SSSR count). The van der Waals surface area contributed by atoms with E-state index in [0.29, 0.717) is 5.11 Å². The van der Waals surface area contributed by atoms with Crippen LogP contribution in [0.2, 0.25) is 0 Å². The maximum Gasteiger partial charge on any atom is 0.171 e. The number of hydrogen-bond donors (Lipinski definition) is 2. The summed E-state index contributed by atoms with van der Waals surface area (Å²) in [6.07, 6.45) is 0.748. The molecule has 0 aromatic heterocycles. The average molecular weight is 360 g/mol. The standard InChI is InChI=1S/C19H21FN2O2S/c1-19(2)11-16(15-10-14(23-3)8-9-17(15)24-19)22-18(25)21-13-6-4-12(20)5-7-13/h4-10,16H,11H2,1-3H3,(H2,21,22,25). The molecule has 25 heavy (non-hydrogen) atoms. The summed E-state index contributed by atoms with van der Waals surface area (Å²) >= 11 is 5.43. The summed E-state index contributed by atoms with van der Waals surface area (Å²) in [5.74, 6) is 1.31. The molecule has 2 aromatic carbocycles. The van der Waals surface area contributed by atoms with Crippen molar-refractivity contribution in [3.63, 3.8) is 0 Å². The van der Waals surface area contributed by atoms with Crippen molar-refractivity contribution in [2.45, 2.75) is 31.9 Å². The van der Waals surface area contributed by atoms with Crippen molar-refractivity contribution >= 4 is 23.0 Å². The monoisotopic (exact) mass is 360 g/mol. The van der Waals surface area contributed by atoms with Crippen LogP contribution < -0.4 is 20.1 Å². The minimum absolute atomic E-state index is 0.0192. The summed E-state index contributed by atoms with van der Waals surface area (Å²) in [7, 11) is 1.64. The second kappa shape index (κ2) is 6.88. The van der Waals surface area contributed by atoms with Crippen LogP contribution in [0.1, 0.15) is 31.9 Å². The van der Waals surface area contributed by atoms with Gasteiger partial charge >= 0.3 is 0 Å². The first-order valence-corrected chi connectivity index (χ1v) is 8.47. The molecule has 0 saturated carbocycles. The highest BCUT2D eigenvalue weighted by Gasteiger charge is 2.34. The molecule has 1 unspecified atom stereocenters. The number of rotatable bonds is 3. The molecule has 1 atom stereocenters. The quantitative estimate of drug-likeness (QED) is 0.793. The Morgan fingerprint density at radius 2 is 1.96 bits per heavy atom. The summed E-state index contributed by atoms with van der Waals surface area (Å²) in [4.78, 5) is 0. The molecular weight excluding hydrogens is 339 g/mol. The van der Waals surface area contributed by atoms with Crippen LogP contribution in [-0.2, 0) is 0 Å². The first kappa shape index (κ1) is 17.5. The van der Waals surface area contributed by atoms with Crippen LogP contribution in [0.15, 0.2) is 42.5 Å². The fraction of sp³-hybridized carbons (Fsp3) is 0.316.